The molecule has 8 heteroatoms. The number of nitrogens with zero attached hydrogens (tertiary/aromatic N) is 3. The van der Waals surface area contributed by atoms with Crippen molar-refractivity contribution >= 4 is 23.0 Å². The SMILES string of the molecule is CNC(=O)c1ccc(/C=C2\CCN(Cc3ccc4nc(C)c(=O)[nH]c4c3)C2)c(F)n1. The molecule has 1 aromatic carbocycles. The van der Waals surface area contributed by atoms with E-state index in [1.807, 2.05) is 18.2 Å². The van der Waals surface area contributed by atoms with Crippen LogP contribution in [0.4, 0.5) is 4.39 Å². The van der Waals surface area contributed by atoms with E-state index < -0.39 is 11.9 Å². The zero-order valence-corrected chi connectivity index (χ0v) is 16.8. The summed E-state index contributed by atoms with van der Waals surface area (Å²) in [6, 6.07) is 8.97. The number of nitrogens with one attached hydrogen (secondary N) is 2. The first-order valence-electron chi connectivity index (χ1n) is 9.73. The Hall–Kier alpha value is -3.39. The molecule has 1 saturated heterocycles. The van der Waals surface area contributed by atoms with E-state index in [0.29, 0.717) is 11.3 Å². The van der Waals surface area contributed by atoms with Gasteiger partial charge in [0.1, 0.15) is 11.4 Å². The van der Waals surface area contributed by atoms with Crippen LogP contribution in [0.15, 0.2) is 40.7 Å². The molecule has 0 unspecified atom stereocenters. The molecule has 1 aliphatic heterocycles. The number of halogens is 1. The molecule has 30 heavy (non-hydrogen) atoms. The van der Waals surface area contributed by atoms with Gasteiger partial charge in [0.25, 0.3) is 11.5 Å². The summed E-state index contributed by atoms with van der Waals surface area (Å²) in [5, 5.41) is 2.43. The lowest BCUT2D eigenvalue weighted by atomic mass is 10.1. The van der Waals surface area contributed by atoms with Crippen LogP contribution in [-0.2, 0) is 6.54 Å². The highest BCUT2D eigenvalue weighted by molar-refractivity contribution is 5.92. The molecule has 154 valence electrons. The standard InChI is InChI=1S/C22H22FN5O2/c1-13-21(29)27-19-10-14(3-5-17(19)25-13)11-28-8-7-15(12-28)9-16-4-6-18(22(30)24-2)26-20(16)23/h3-6,9-10H,7-8,11-12H2,1-2H3,(H,24,30)(H,27,29)/b15-9+. The summed E-state index contributed by atoms with van der Waals surface area (Å²) in [6.07, 6.45) is 2.64. The van der Waals surface area contributed by atoms with E-state index in [0.717, 1.165) is 48.2 Å². The molecule has 0 aliphatic carbocycles. The van der Waals surface area contributed by atoms with Gasteiger partial charge in [-0.15, -0.1) is 0 Å². The predicted octanol–water partition coefficient (Wildman–Crippen LogP) is 2.41. The lowest BCUT2D eigenvalue weighted by Gasteiger charge is -2.14. The second-order valence-electron chi connectivity index (χ2n) is 7.42. The Labute approximate surface area is 172 Å². The fourth-order valence-corrected chi connectivity index (χ4v) is 3.61. The van der Waals surface area contributed by atoms with Crippen LogP contribution >= 0.6 is 0 Å². The van der Waals surface area contributed by atoms with Crippen molar-refractivity contribution in [2.24, 2.45) is 0 Å². The van der Waals surface area contributed by atoms with Gasteiger partial charge in [-0.2, -0.15) is 4.39 Å². The van der Waals surface area contributed by atoms with Gasteiger partial charge in [0.2, 0.25) is 5.95 Å². The second-order valence-corrected chi connectivity index (χ2v) is 7.42. The Kier molecular flexibility index (Phi) is 5.41. The molecule has 4 rings (SSSR count). The Bertz CT molecular complexity index is 1220. The van der Waals surface area contributed by atoms with Crippen molar-refractivity contribution in [2.45, 2.75) is 19.9 Å². The van der Waals surface area contributed by atoms with Gasteiger partial charge in [0, 0.05) is 32.2 Å². The van der Waals surface area contributed by atoms with E-state index >= 15 is 0 Å². The monoisotopic (exact) mass is 407 g/mol. The van der Waals surface area contributed by atoms with E-state index in [-0.39, 0.29) is 11.3 Å². The molecular formula is C22H22FN5O2. The minimum atomic E-state index is -0.650. The first-order valence-corrected chi connectivity index (χ1v) is 9.73. The van der Waals surface area contributed by atoms with E-state index in [2.05, 4.69) is 25.2 Å². The molecule has 1 fully saturated rings. The Morgan fingerprint density at radius 2 is 2.13 bits per heavy atom. The highest BCUT2D eigenvalue weighted by Crippen LogP contribution is 2.22. The first-order chi connectivity index (χ1) is 14.4. The maximum Gasteiger partial charge on any atom is 0.269 e. The van der Waals surface area contributed by atoms with Gasteiger partial charge in [-0.25, -0.2) is 9.97 Å². The van der Waals surface area contributed by atoms with Gasteiger partial charge in [0.15, 0.2) is 0 Å². The Balaban J connectivity index is 1.47. The summed E-state index contributed by atoms with van der Waals surface area (Å²) in [4.78, 5) is 36.6. The molecule has 2 aromatic heterocycles. The predicted molar refractivity (Wildman–Crippen MR) is 113 cm³/mol. The molecular weight excluding hydrogens is 385 g/mol. The van der Waals surface area contributed by atoms with Crippen LogP contribution in [0, 0.1) is 12.9 Å². The van der Waals surface area contributed by atoms with Gasteiger partial charge >= 0.3 is 0 Å². The average Bonchev–Trinajstić information content (AvgIpc) is 3.16. The van der Waals surface area contributed by atoms with E-state index in [1.165, 1.54) is 13.1 Å². The molecule has 0 radical (unpaired) electrons. The Morgan fingerprint density at radius 3 is 2.90 bits per heavy atom. The highest BCUT2D eigenvalue weighted by atomic mass is 19.1. The van der Waals surface area contributed by atoms with E-state index in [9.17, 15) is 14.0 Å². The third kappa shape index (κ3) is 4.13. The number of carbonyl (C=O) groups excluding carboxylic acids is 1. The quantitative estimate of drug-likeness (QED) is 0.648. The summed E-state index contributed by atoms with van der Waals surface area (Å²) in [5.74, 6) is -1.06. The van der Waals surface area contributed by atoms with Gasteiger partial charge < -0.3 is 10.3 Å². The van der Waals surface area contributed by atoms with Crippen LogP contribution in [0.5, 0.6) is 0 Å². The number of hydrogen-bond acceptors (Lipinski definition) is 5. The van der Waals surface area contributed by atoms with Gasteiger partial charge in [-0.1, -0.05) is 11.6 Å². The second kappa shape index (κ2) is 8.16. The number of H-pyrrole nitrogens is 1. The van der Waals surface area contributed by atoms with Crippen molar-refractivity contribution in [1.29, 1.82) is 0 Å². The lowest BCUT2D eigenvalue weighted by molar-refractivity contribution is 0.0957. The molecule has 0 atom stereocenters. The number of rotatable bonds is 4. The van der Waals surface area contributed by atoms with Crippen LogP contribution in [0.25, 0.3) is 17.1 Å². The molecule has 0 saturated carbocycles. The third-order valence-corrected chi connectivity index (χ3v) is 5.20. The summed E-state index contributed by atoms with van der Waals surface area (Å²) in [5.41, 5.74) is 4.39. The smallest absolute Gasteiger partial charge is 0.269 e. The zero-order chi connectivity index (χ0) is 21.3. The van der Waals surface area contributed by atoms with Crippen LogP contribution in [0.1, 0.15) is 33.7 Å². The van der Waals surface area contributed by atoms with Crippen LogP contribution < -0.4 is 10.9 Å². The van der Waals surface area contributed by atoms with Crippen molar-refractivity contribution in [3.8, 4) is 0 Å². The zero-order valence-electron chi connectivity index (χ0n) is 16.8. The molecule has 0 bridgehead atoms. The molecule has 3 aromatic rings. The summed E-state index contributed by atoms with van der Waals surface area (Å²) in [7, 11) is 1.48. The van der Waals surface area contributed by atoms with Crippen LogP contribution in [0.3, 0.4) is 0 Å². The number of benzene rings is 1. The maximum atomic E-state index is 14.3. The number of aryl methyl sites for hydroxylation is 1. The van der Waals surface area contributed by atoms with Crippen LogP contribution in [0.2, 0.25) is 0 Å². The third-order valence-electron chi connectivity index (χ3n) is 5.20. The number of amides is 1. The molecule has 0 spiro atoms. The van der Waals surface area contributed by atoms with Crippen molar-refractivity contribution in [1.82, 2.24) is 25.2 Å². The highest BCUT2D eigenvalue weighted by Gasteiger charge is 2.18. The largest absolute Gasteiger partial charge is 0.354 e. The number of pyridine rings is 1. The van der Waals surface area contributed by atoms with E-state index in [1.54, 1.807) is 19.1 Å². The van der Waals surface area contributed by atoms with Crippen molar-refractivity contribution < 1.29 is 9.18 Å². The number of aromatic nitrogens is 3. The minimum Gasteiger partial charge on any atom is -0.354 e. The van der Waals surface area contributed by atoms with Crippen molar-refractivity contribution in [3.05, 3.63) is 74.7 Å². The van der Waals surface area contributed by atoms with Gasteiger partial charge in [0.05, 0.1) is 11.0 Å². The molecule has 2 N–H and O–H groups in total. The minimum absolute atomic E-state index is 0.0595. The van der Waals surface area contributed by atoms with Crippen LogP contribution in [-0.4, -0.2) is 45.9 Å². The normalized spacial score (nSPS) is 15.8. The summed E-state index contributed by atoms with van der Waals surface area (Å²) >= 11 is 0. The molecule has 7 nitrogen and oxygen atoms in total. The summed E-state index contributed by atoms with van der Waals surface area (Å²) < 4.78 is 14.3. The van der Waals surface area contributed by atoms with Gasteiger partial charge in [-0.3, -0.25) is 14.5 Å². The topological polar surface area (TPSA) is 91.0 Å². The number of likely N-dealkylation sites (tertiary alicyclic amines) is 1. The number of hydrogen-bond donors (Lipinski definition) is 2. The molecule has 1 amide bonds. The fourth-order valence-electron chi connectivity index (χ4n) is 3.61. The molecule has 3 heterocycles. The first kappa shape index (κ1) is 19.9. The van der Waals surface area contributed by atoms with E-state index in [4.69, 9.17) is 0 Å². The lowest BCUT2D eigenvalue weighted by Crippen LogP contribution is -2.19. The Morgan fingerprint density at radius 1 is 1.30 bits per heavy atom. The maximum absolute atomic E-state index is 14.3. The van der Waals surface area contributed by atoms with Gasteiger partial charge in [-0.05, 0) is 49.2 Å². The number of carbonyl (C=O) groups is 1. The summed E-state index contributed by atoms with van der Waals surface area (Å²) in [6.45, 7) is 3.99. The number of aromatic amines is 1. The van der Waals surface area contributed by atoms with Crippen molar-refractivity contribution in [3.63, 3.8) is 0 Å². The van der Waals surface area contributed by atoms with Crippen molar-refractivity contribution in [2.75, 3.05) is 20.1 Å². The fraction of sp³-hybridized carbons (Fsp3) is 0.273. The number of fused-ring (bicyclic) bond motifs is 1. The average molecular weight is 407 g/mol. The molecule has 1 aliphatic rings.